The molecule has 0 amide bonds. The molecule has 20 heavy (non-hydrogen) atoms. The first-order valence-corrected chi connectivity index (χ1v) is 8.13. The number of nitrogens with zero attached hydrogens (tertiary/aromatic N) is 1. The van der Waals surface area contributed by atoms with Crippen molar-refractivity contribution in [1.29, 1.82) is 0 Å². The SMILES string of the molecule is CCC1CNC(C)(CC)CN1c1cc(Cl)c(C)cc1Cl. The second kappa shape index (κ2) is 6.13. The van der Waals surface area contributed by atoms with Crippen molar-refractivity contribution in [3.63, 3.8) is 0 Å². The Hall–Kier alpha value is -0.440. The average molecular weight is 315 g/mol. The quantitative estimate of drug-likeness (QED) is 0.873. The van der Waals surface area contributed by atoms with Crippen molar-refractivity contribution in [3.8, 4) is 0 Å². The minimum absolute atomic E-state index is 0.131. The lowest BCUT2D eigenvalue weighted by molar-refractivity contribution is 0.276. The van der Waals surface area contributed by atoms with Crippen molar-refractivity contribution in [2.24, 2.45) is 0 Å². The van der Waals surface area contributed by atoms with E-state index in [0.717, 1.165) is 47.2 Å². The number of halogens is 2. The fourth-order valence-corrected chi connectivity index (χ4v) is 3.26. The Kier molecular flexibility index (Phi) is 4.88. The molecule has 1 aliphatic heterocycles. The van der Waals surface area contributed by atoms with E-state index in [0.29, 0.717) is 6.04 Å². The summed E-state index contributed by atoms with van der Waals surface area (Å²) in [5, 5.41) is 5.26. The second-order valence-electron chi connectivity index (χ2n) is 6.04. The third-order valence-electron chi connectivity index (χ3n) is 4.51. The molecule has 112 valence electrons. The highest BCUT2D eigenvalue weighted by Crippen LogP contribution is 2.35. The summed E-state index contributed by atoms with van der Waals surface area (Å²) in [5.41, 5.74) is 2.23. The van der Waals surface area contributed by atoms with Crippen LogP contribution in [-0.4, -0.2) is 24.7 Å². The molecule has 2 nitrogen and oxygen atoms in total. The largest absolute Gasteiger partial charge is 0.364 e. The molecule has 0 aliphatic carbocycles. The van der Waals surface area contributed by atoms with E-state index < -0.39 is 0 Å². The van der Waals surface area contributed by atoms with Crippen LogP contribution in [-0.2, 0) is 0 Å². The molecule has 0 spiro atoms. The Morgan fingerprint density at radius 2 is 2.00 bits per heavy atom. The van der Waals surface area contributed by atoms with E-state index in [-0.39, 0.29) is 5.54 Å². The minimum Gasteiger partial charge on any atom is -0.364 e. The Bertz CT molecular complexity index is 490. The Morgan fingerprint density at radius 1 is 1.30 bits per heavy atom. The molecule has 2 rings (SSSR count). The van der Waals surface area contributed by atoms with Crippen LogP contribution in [0.5, 0.6) is 0 Å². The van der Waals surface area contributed by atoms with Crippen molar-refractivity contribution >= 4 is 28.9 Å². The van der Waals surface area contributed by atoms with E-state index in [4.69, 9.17) is 23.2 Å². The van der Waals surface area contributed by atoms with Crippen molar-refractivity contribution < 1.29 is 0 Å². The number of rotatable bonds is 3. The zero-order valence-electron chi connectivity index (χ0n) is 12.8. The monoisotopic (exact) mass is 314 g/mol. The summed E-state index contributed by atoms with van der Waals surface area (Å²) in [4.78, 5) is 2.42. The molecule has 1 aromatic carbocycles. The lowest BCUT2D eigenvalue weighted by atomic mass is 9.92. The third kappa shape index (κ3) is 3.08. The lowest BCUT2D eigenvalue weighted by Gasteiger charge is -2.47. The molecule has 2 unspecified atom stereocenters. The summed E-state index contributed by atoms with van der Waals surface area (Å²) in [6, 6.07) is 4.45. The van der Waals surface area contributed by atoms with Gasteiger partial charge in [-0.15, -0.1) is 0 Å². The van der Waals surface area contributed by atoms with Gasteiger partial charge in [-0.25, -0.2) is 0 Å². The molecular weight excluding hydrogens is 291 g/mol. The van der Waals surface area contributed by atoms with Gasteiger partial charge in [0.05, 0.1) is 10.7 Å². The normalized spacial score (nSPS) is 26.9. The number of anilines is 1. The summed E-state index contributed by atoms with van der Waals surface area (Å²) in [6.07, 6.45) is 2.19. The highest BCUT2D eigenvalue weighted by atomic mass is 35.5. The Balaban J connectivity index is 2.39. The van der Waals surface area contributed by atoms with E-state index in [1.807, 2.05) is 19.1 Å². The molecule has 1 heterocycles. The van der Waals surface area contributed by atoms with Crippen LogP contribution in [0.3, 0.4) is 0 Å². The fraction of sp³-hybridized carbons (Fsp3) is 0.625. The van der Waals surface area contributed by atoms with E-state index in [1.165, 1.54) is 0 Å². The smallest absolute Gasteiger partial charge is 0.0643 e. The topological polar surface area (TPSA) is 15.3 Å². The third-order valence-corrected chi connectivity index (χ3v) is 5.22. The van der Waals surface area contributed by atoms with Crippen LogP contribution in [0.2, 0.25) is 10.0 Å². The first kappa shape index (κ1) is 15.9. The van der Waals surface area contributed by atoms with Gasteiger partial charge in [0.15, 0.2) is 0 Å². The van der Waals surface area contributed by atoms with Crippen LogP contribution in [0.4, 0.5) is 5.69 Å². The van der Waals surface area contributed by atoms with Crippen molar-refractivity contribution in [2.45, 2.75) is 52.1 Å². The lowest BCUT2D eigenvalue weighted by Crippen LogP contribution is -2.62. The highest BCUT2D eigenvalue weighted by molar-refractivity contribution is 6.35. The molecule has 1 aliphatic rings. The summed E-state index contributed by atoms with van der Waals surface area (Å²) < 4.78 is 0. The van der Waals surface area contributed by atoms with Gasteiger partial charge in [-0.2, -0.15) is 0 Å². The molecule has 0 saturated carbocycles. The van der Waals surface area contributed by atoms with Gasteiger partial charge in [-0.05, 0) is 44.4 Å². The summed E-state index contributed by atoms with van der Waals surface area (Å²) >= 11 is 12.8. The van der Waals surface area contributed by atoms with Gasteiger partial charge in [0.2, 0.25) is 0 Å². The number of nitrogens with one attached hydrogen (secondary N) is 1. The molecular formula is C16H24Cl2N2. The fourth-order valence-electron chi connectivity index (χ4n) is 2.77. The van der Waals surface area contributed by atoms with Crippen LogP contribution < -0.4 is 10.2 Å². The van der Waals surface area contributed by atoms with Crippen LogP contribution in [0.25, 0.3) is 0 Å². The first-order valence-electron chi connectivity index (χ1n) is 7.37. The molecule has 1 saturated heterocycles. The van der Waals surface area contributed by atoms with E-state index in [1.54, 1.807) is 0 Å². The minimum atomic E-state index is 0.131. The molecule has 4 heteroatoms. The summed E-state index contributed by atoms with van der Waals surface area (Å²) in [5.74, 6) is 0. The highest BCUT2D eigenvalue weighted by Gasteiger charge is 2.34. The maximum absolute atomic E-state index is 6.47. The van der Waals surface area contributed by atoms with Crippen LogP contribution >= 0.6 is 23.2 Å². The van der Waals surface area contributed by atoms with Crippen molar-refractivity contribution in [1.82, 2.24) is 5.32 Å². The van der Waals surface area contributed by atoms with Gasteiger partial charge in [-0.3, -0.25) is 0 Å². The predicted molar refractivity (Wildman–Crippen MR) is 89.3 cm³/mol. The molecule has 2 atom stereocenters. The first-order chi connectivity index (χ1) is 9.40. The van der Waals surface area contributed by atoms with Crippen LogP contribution in [0, 0.1) is 6.92 Å². The number of hydrogen-bond donors (Lipinski definition) is 1. The zero-order valence-corrected chi connectivity index (χ0v) is 14.3. The van der Waals surface area contributed by atoms with Gasteiger partial charge in [0.1, 0.15) is 0 Å². The molecule has 0 bridgehead atoms. The number of benzene rings is 1. The number of hydrogen-bond acceptors (Lipinski definition) is 2. The average Bonchev–Trinajstić information content (AvgIpc) is 2.43. The predicted octanol–water partition coefficient (Wildman–Crippen LogP) is 4.66. The van der Waals surface area contributed by atoms with Gasteiger partial charge in [0.25, 0.3) is 0 Å². The van der Waals surface area contributed by atoms with Gasteiger partial charge >= 0.3 is 0 Å². The standard InChI is InChI=1S/C16H24Cl2N2/c1-5-12-9-19-16(4,6-2)10-20(12)15-8-13(17)11(3)7-14(15)18/h7-8,12,19H,5-6,9-10H2,1-4H3. The van der Waals surface area contributed by atoms with Gasteiger partial charge in [-0.1, -0.05) is 37.0 Å². The van der Waals surface area contributed by atoms with E-state index in [9.17, 15) is 0 Å². The van der Waals surface area contributed by atoms with Gasteiger partial charge < -0.3 is 10.2 Å². The second-order valence-corrected chi connectivity index (χ2v) is 6.85. The summed E-state index contributed by atoms with van der Waals surface area (Å²) in [7, 11) is 0. The number of aryl methyl sites for hydroxylation is 1. The maximum Gasteiger partial charge on any atom is 0.0643 e. The molecule has 1 N–H and O–H groups in total. The van der Waals surface area contributed by atoms with E-state index >= 15 is 0 Å². The van der Waals surface area contributed by atoms with E-state index in [2.05, 4.69) is 31.0 Å². The van der Waals surface area contributed by atoms with Crippen LogP contribution in [0.1, 0.15) is 39.2 Å². The van der Waals surface area contributed by atoms with Gasteiger partial charge in [0, 0.05) is 29.7 Å². The van der Waals surface area contributed by atoms with Crippen molar-refractivity contribution in [3.05, 3.63) is 27.7 Å². The maximum atomic E-state index is 6.47. The molecule has 0 radical (unpaired) electrons. The Morgan fingerprint density at radius 3 is 2.60 bits per heavy atom. The van der Waals surface area contributed by atoms with Crippen molar-refractivity contribution in [2.75, 3.05) is 18.0 Å². The number of piperazine rings is 1. The molecule has 0 aromatic heterocycles. The molecule has 1 aromatic rings. The summed E-state index contributed by atoms with van der Waals surface area (Å²) in [6.45, 7) is 10.7. The molecule has 1 fully saturated rings. The van der Waals surface area contributed by atoms with Crippen LogP contribution in [0.15, 0.2) is 12.1 Å². The Labute approximate surface area is 132 Å². The zero-order chi connectivity index (χ0) is 14.9.